The Morgan fingerprint density at radius 3 is 2.69 bits per heavy atom. The highest BCUT2D eigenvalue weighted by molar-refractivity contribution is 5.92. The fourth-order valence-corrected chi connectivity index (χ4v) is 3.57. The highest BCUT2D eigenvalue weighted by Gasteiger charge is 2.21. The van der Waals surface area contributed by atoms with E-state index in [-0.39, 0.29) is 5.91 Å². The molecule has 1 aliphatic rings. The summed E-state index contributed by atoms with van der Waals surface area (Å²) in [6, 6.07) is 11.6. The summed E-state index contributed by atoms with van der Waals surface area (Å²) >= 11 is 0. The Labute approximate surface area is 168 Å². The molecule has 0 spiro atoms. The molecule has 1 aromatic heterocycles. The van der Waals surface area contributed by atoms with Gasteiger partial charge in [-0.2, -0.15) is 5.10 Å². The van der Waals surface area contributed by atoms with E-state index < -0.39 is 0 Å². The SMILES string of the molecule is COc1cc2c(cc1OC)CN(CC(=O)Nc1cccc(-c3ncn[nH]3)c1)CC2. The molecule has 0 saturated heterocycles. The topological polar surface area (TPSA) is 92.4 Å². The zero-order chi connectivity index (χ0) is 20.2. The van der Waals surface area contributed by atoms with Gasteiger partial charge in [0.15, 0.2) is 17.3 Å². The number of fused-ring (bicyclic) bond motifs is 1. The van der Waals surface area contributed by atoms with Crippen molar-refractivity contribution >= 4 is 11.6 Å². The first-order chi connectivity index (χ1) is 14.2. The molecule has 4 rings (SSSR count). The maximum Gasteiger partial charge on any atom is 0.238 e. The zero-order valence-electron chi connectivity index (χ0n) is 16.4. The van der Waals surface area contributed by atoms with Gasteiger partial charge >= 0.3 is 0 Å². The molecule has 1 amide bonds. The summed E-state index contributed by atoms with van der Waals surface area (Å²) in [5.41, 5.74) is 3.99. The number of rotatable bonds is 6. The number of H-pyrrole nitrogens is 1. The Morgan fingerprint density at radius 1 is 1.17 bits per heavy atom. The first-order valence-corrected chi connectivity index (χ1v) is 9.38. The molecule has 0 radical (unpaired) electrons. The number of nitrogens with zero attached hydrogens (tertiary/aromatic N) is 3. The normalized spacial score (nSPS) is 13.6. The van der Waals surface area contributed by atoms with E-state index in [2.05, 4.69) is 25.4 Å². The Kier molecular flexibility index (Phi) is 5.44. The van der Waals surface area contributed by atoms with Crippen molar-refractivity contribution in [3.63, 3.8) is 0 Å². The van der Waals surface area contributed by atoms with Crippen LogP contribution in [0.15, 0.2) is 42.7 Å². The standard InChI is InChI=1S/C21H23N5O3/c1-28-18-9-14-6-7-26(11-16(14)10-19(18)29-2)12-20(27)24-17-5-3-4-15(8-17)21-22-13-23-25-21/h3-5,8-10,13H,6-7,11-12H2,1-2H3,(H,24,27)(H,22,23,25). The van der Waals surface area contributed by atoms with E-state index in [9.17, 15) is 4.79 Å². The van der Waals surface area contributed by atoms with Crippen molar-refractivity contribution in [2.45, 2.75) is 13.0 Å². The molecule has 3 aromatic rings. The highest BCUT2D eigenvalue weighted by atomic mass is 16.5. The van der Waals surface area contributed by atoms with Crippen molar-refractivity contribution in [1.29, 1.82) is 0 Å². The lowest BCUT2D eigenvalue weighted by atomic mass is 9.99. The van der Waals surface area contributed by atoms with Gasteiger partial charge in [-0.3, -0.25) is 14.8 Å². The van der Waals surface area contributed by atoms with Gasteiger partial charge in [0.05, 0.1) is 20.8 Å². The van der Waals surface area contributed by atoms with E-state index in [1.54, 1.807) is 14.2 Å². The van der Waals surface area contributed by atoms with Crippen LogP contribution in [0, 0.1) is 0 Å². The molecule has 2 heterocycles. The highest BCUT2D eigenvalue weighted by Crippen LogP contribution is 2.33. The summed E-state index contributed by atoms with van der Waals surface area (Å²) in [7, 11) is 3.27. The van der Waals surface area contributed by atoms with E-state index in [4.69, 9.17) is 9.47 Å². The molecule has 8 heteroatoms. The molecule has 0 saturated carbocycles. The van der Waals surface area contributed by atoms with Gasteiger partial charge in [0, 0.05) is 24.3 Å². The minimum absolute atomic E-state index is 0.0522. The van der Waals surface area contributed by atoms with Crippen LogP contribution in [-0.4, -0.2) is 53.3 Å². The molecule has 0 atom stereocenters. The fraction of sp³-hybridized carbons (Fsp3) is 0.286. The van der Waals surface area contributed by atoms with E-state index in [1.807, 2.05) is 36.4 Å². The number of aromatic amines is 1. The molecule has 2 N–H and O–H groups in total. The first-order valence-electron chi connectivity index (χ1n) is 9.38. The van der Waals surface area contributed by atoms with Crippen molar-refractivity contribution in [2.24, 2.45) is 0 Å². The third-order valence-corrected chi connectivity index (χ3v) is 5.00. The van der Waals surface area contributed by atoms with Crippen LogP contribution in [0.4, 0.5) is 5.69 Å². The van der Waals surface area contributed by atoms with Gasteiger partial charge in [-0.15, -0.1) is 0 Å². The number of anilines is 1. The van der Waals surface area contributed by atoms with Crippen LogP contribution in [0.2, 0.25) is 0 Å². The van der Waals surface area contributed by atoms with Gasteiger partial charge in [-0.05, 0) is 41.8 Å². The number of amides is 1. The molecule has 1 aliphatic heterocycles. The van der Waals surface area contributed by atoms with Gasteiger partial charge in [-0.1, -0.05) is 12.1 Å². The van der Waals surface area contributed by atoms with E-state index in [0.29, 0.717) is 24.7 Å². The average molecular weight is 393 g/mol. The summed E-state index contributed by atoms with van der Waals surface area (Å²) in [5, 5.41) is 9.66. The van der Waals surface area contributed by atoms with E-state index in [1.165, 1.54) is 11.9 Å². The molecule has 2 aromatic carbocycles. The average Bonchev–Trinajstić information content (AvgIpc) is 3.27. The Bertz CT molecular complexity index is 1000. The monoisotopic (exact) mass is 393 g/mol. The summed E-state index contributed by atoms with van der Waals surface area (Å²) in [5.74, 6) is 2.06. The summed E-state index contributed by atoms with van der Waals surface area (Å²) in [6.07, 6.45) is 2.32. The van der Waals surface area contributed by atoms with Gasteiger partial charge in [-0.25, -0.2) is 4.98 Å². The van der Waals surface area contributed by atoms with Gasteiger partial charge in [0.1, 0.15) is 6.33 Å². The summed E-state index contributed by atoms with van der Waals surface area (Å²) < 4.78 is 10.8. The van der Waals surface area contributed by atoms with Crippen molar-refractivity contribution in [2.75, 3.05) is 32.6 Å². The summed E-state index contributed by atoms with van der Waals surface area (Å²) in [6.45, 7) is 1.83. The number of aromatic nitrogens is 3. The van der Waals surface area contributed by atoms with Crippen molar-refractivity contribution in [3.05, 3.63) is 53.9 Å². The number of hydrogen-bond donors (Lipinski definition) is 2. The number of methoxy groups -OCH3 is 2. The minimum Gasteiger partial charge on any atom is -0.493 e. The number of carbonyl (C=O) groups is 1. The second kappa shape index (κ2) is 8.32. The van der Waals surface area contributed by atoms with Crippen LogP contribution in [0.5, 0.6) is 11.5 Å². The minimum atomic E-state index is -0.0522. The molecule has 0 aliphatic carbocycles. The fourth-order valence-electron chi connectivity index (χ4n) is 3.57. The molecular formula is C21H23N5O3. The lowest BCUT2D eigenvalue weighted by molar-refractivity contribution is -0.117. The largest absolute Gasteiger partial charge is 0.493 e. The van der Waals surface area contributed by atoms with E-state index in [0.717, 1.165) is 35.5 Å². The van der Waals surface area contributed by atoms with Crippen LogP contribution in [-0.2, 0) is 17.8 Å². The van der Waals surface area contributed by atoms with E-state index >= 15 is 0 Å². The number of benzene rings is 2. The predicted octanol–water partition coefficient (Wildman–Crippen LogP) is 2.49. The molecule has 0 unspecified atom stereocenters. The molecule has 150 valence electrons. The van der Waals surface area contributed by atoms with Crippen molar-refractivity contribution < 1.29 is 14.3 Å². The zero-order valence-corrected chi connectivity index (χ0v) is 16.4. The lowest BCUT2D eigenvalue weighted by Crippen LogP contribution is -2.37. The van der Waals surface area contributed by atoms with Gasteiger partial charge < -0.3 is 14.8 Å². The van der Waals surface area contributed by atoms with Crippen LogP contribution < -0.4 is 14.8 Å². The predicted molar refractivity (Wildman–Crippen MR) is 109 cm³/mol. The number of carbonyl (C=O) groups excluding carboxylic acids is 1. The summed E-state index contributed by atoms with van der Waals surface area (Å²) in [4.78, 5) is 18.9. The maximum absolute atomic E-state index is 12.6. The van der Waals surface area contributed by atoms with Crippen molar-refractivity contribution in [3.8, 4) is 22.9 Å². The molecule has 8 nitrogen and oxygen atoms in total. The Balaban J connectivity index is 1.40. The molecule has 0 bridgehead atoms. The first kappa shape index (κ1) is 18.9. The van der Waals surface area contributed by atoms with Gasteiger partial charge in [0.2, 0.25) is 5.91 Å². The van der Waals surface area contributed by atoms with Crippen LogP contribution >= 0.6 is 0 Å². The number of nitrogens with one attached hydrogen (secondary N) is 2. The quantitative estimate of drug-likeness (QED) is 0.668. The molecule has 0 fully saturated rings. The van der Waals surface area contributed by atoms with Crippen molar-refractivity contribution in [1.82, 2.24) is 20.1 Å². The Hall–Kier alpha value is -3.39. The van der Waals surface area contributed by atoms with Gasteiger partial charge in [0.25, 0.3) is 0 Å². The third-order valence-electron chi connectivity index (χ3n) is 5.00. The second-order valence-electron chi connectivity index (χ2n) is 6.90. The maximum atomic E-state index is 12.6. The van der Waals surface area contributed by atoms with Crippen LogP contribution in [0.1, 0.15) is 11.1 Å². The van der Waals surface area contributed by atoms with Crippen LogP contribution in [0.25, 0.3) is 11.4 Å². The Morgan fingerprint density at radius 2 is 1.97 bits per heavy atom. The number of hydrogen-bond acceptors (Lipinski definition) is 6. The lowest BCUT2D eigenvalue weighted by Gasteiger charge is -2.29. The van der Waals surface area contributed by atoms with Crippen LogP contribution in [0.3, 0.4) is 0 Å². The molecular weight excluding hydrogens is 370 g/mol. The second-order valence-corrected chi connectivity index (χ2v) is 6.90. The number of ether oxygens (including phenoxy) is 2. The molecule has 29 heavy (non-hydrogen) atoms. The third kappa shape index (κ3) is 4.22. The smallest absolute Gasteiger partial charge is 0.238 e.